The van der Waals surface area contributed by atoms with Gasteiger partial charge in [-0.1, -0.05) is 6.42 Å². The molecule has 1 saturated carbocycles. The first-order valence-electron chi connectivity index (χ1n) is 5.99. The van der Waals surface area contributed by atoms with Gasteiger partial charge in [-0.2, -0.15) is 0 Å². The molecule has 17 heavy (non-hydrogen) atoms. The van der Waals surface area contributed by atoms with E-state index in [1.165, 1.54) is 6.07 Å². The van der Waals surface area contributed by atoms with Crippen LogP contribution in [0, 0.1) is 17.6 Å². The minimum absolute atomic E-state index is 0.242. The standard InChI is InChI=1S/C13H17F2NO/c14-11-4-5-12(15)10(6-11)8-16-7-9-2-1-3-13(9)17/h4-6,9,13,16-17H,1-3,7-8H2. The van der Waals surface area contributed by atoms with E-state index in [1.807, 2.05) is 0 Å². The third kappa shape index (κ3) is 3.23. The van der Waals surface area contributed by atoms with Gasteiger partial charge in [0.05, 0.1) is 6.10 Å². The van der Waals surface area contributed by atoms with Gasteiger partial charge in [0.15, 0.2) is 0 Å². The second-order valence-electron chi connectivity index (χ2n) is 4.62. The van der Waals surface area contributed by atoms with E-state index in [9.17, 15) is 13.9 Å². The van der Waals surface area contributed by atoms with Crippen molar-refractivity contribution in [3.8, 4) is 0 Å². The molecule has 0 amide bonds. The van der Waals surface area contributed by atoms with Gasteiger partial charge in [-0.25, -0.2) is 8.78 Å². The molecule has 1 fully saturated rings. The number of halogens is 2. The van der Waals surface area contributed by atoms with E-state index in [-0.39, 0.29) is 12.0 Å². The van der Waals surface area contributed by atoms with Crippen LogP contribution in [0.2, 0.25) is 0 Å². The van der Waals surface area contributed by atoms with E-state index < -0.39 is 11.6 Å². The first-order valence-corrected chi connectivity index (χ1v) is 5.99. The molecule has 2 nitrogen and oxygen atoms in total. The molecule has 2 N–H and O–H groups in total. The molecule has 1 aromatic rings. The molecule has 2 rings (SSSR count). The molecule has 4 heteroatoms. The van der Waals surface area contributed by atoms with Gasteiger partial charge in [0.2, 0.25) is 0 Å². The third-order valence-corrected chi connectivity index (χ3v) is 3.35. The highest BCUT2D eigenvalue weighted by Crippen LogP contribution is 2.24. The van der Waals surface area contributed by atoms with E-state index in [1.54, 1.807) is 0 Å². The number of rotatable bonds is 4. The van der Waals surface area contributed by atoms with Gasteiger partial charge in [0.25, 0.3) is 0 Å². The van der Waals surface area contributed by atoms with E-state index >= 15 is 0 Å². The minimum Gasteiger partial charge on any atom is -0.393 e. The van der Waals surface area contributed by atoms with Gasteiger partial charge in [-0.3, -0.25) is 0 Å². The van der Waals surface area contributed by atoms with Crippen LogP contribution in [0.5, 0.6) is 0 Å². The Morgan fingerprint density at radius 1 is 1.29 bits per heavy atom. The number of benzene rings is 1. The number of aliphatic hydroxyl groups excluding tert-OH is 1. The van der Waals surface area contributed by atoms with E-state index in [0.29, 0.717) is 18.7 Å². The summed E-state index contributed by atoms with van der Waals surface area (Å²) in [6, 6.07) is 3.45. The zero-order valence-corrected chi connectivity index (χ0v) is 9.63. The van der Waals surface area contributed by atoms with Crippen LogP contribution < -0.4 is 5.32 Å². The second kappa shape index (κ2) is 5.56. The lowest BCUT2D eigenvalue weighted by atomic mass is 10.1. The van der Waals surface area contributed by atoms with Crippen LogP contribution >= 0.6 is 0 Å². The molecule has 0 heterocycles. The summed E-state index contributed by atoms with van der Waals surface area (Å²) < 4.78 is 26.2. The predicted octanol–water partition coefficient (Wildman–Crippen LogP) is 2.22. The maximum Gasteiger partial charge on any atom is 0.127 e. The summed E-state index contributed by atoms with van der Waals surface area (Å²) in [4.78, 5) is 0. The normalized spacial score (nSPS) is 24.2. The fraction of sp³-hybridized carbons (Fsp3) is 0.538. The monoisotopic (exact) mass is 241 g/mol. The summed E-state index contributed by atoms with van der Waals surface area (Å²) in [5.74, 6) is -0.582. The minimum atomic E-state index is -0.427. The fourth-order valence-corrected chi connectivity index (χ4v) is 2.33. The van der Waals surface area contributed by atoms with Crippen molar-refractivity contribution in [1.82, 2.24) is 5.32 Å². The molecule has 2 unspecified atom stereocenters. The van der Waals surface area contributed by atoms with Gasteiger partial charge >= 0.3 is 0 Å². The third-order valence-electron chi connectivity index (χ3n) is 3.35. The predicted molar refractivity (Wildman–Crippen MR) is 61.4 cm³/mol. The molecule has 1 aliphatic carbocycles. The Bertz CT molecular complexity index is 384. The summed E-state index contributed by atoms with van der Waals surface area (Å²) in [6.07, 6.45) is 2.64. The van der Waals surface area contributed by atoms with Crippen molar-refractivity contribution >= 4 is 0 Å². The lowest BCUT2D eigenvalue weighted by molar-refractivity contribution is 0.131. The smallest absolute Gasteiger partial charge is 0.127 e. The zero-order chi connectivity index (χ0) is 12.3. The van der Waals surface area contributed by atoms with Crippen LogP contribution in [0.3, 0.4) is 0 Å². The topological polar surface area (TPSA) is 32.3 Å². The lowest BCUT2D eigenvalue weighted by Crippen LogP contribution is -2.27. The van der Waals surface area contributed by atoms with Gasteiger partial charge < -0.3 is 10.4 Å². The van der Waals surface area contributed by atoms with Crippen LogP contribution in [-0.4, -0.2) is 17.8 Å². The Labute approximate surface area is 99.7 Å². The molecule has 0 aromatic heterocycles. The maximum atomic E-state index is 13.3. The van der Waals surface area contributed by atoms with Crippen molar-refractivity contribution in [2.75, 3.05) is 6.54 Å². The zero-order valence-electron chi connectivity index (χ0n) is 9.63. The van der Waals surface area contributed by atoms with Crippen LogP contribution in [-0.2, 0) is 6.54 Å². The second-order valence-corrected chi connectivity index (χ2v) is 4.62. The number of hydrogen-bond donors (Lipinski definition) is 2. The van der Waals surface area contributed by atoms with Crippen molar-refractivity contribution in [3.63, 3.8) is 0 Å². The molecule has 1 aromatic carbocycles. The summed E-state index contributed by atoms with van der Waals surface area (Å²) in [7, 11) is 0. The molecule has 0 radical (unpaired) electrons. The molecular weight excluding hydrogens is 224 g/mol. The van der Waals surface area contributed by atoms with Gasteiger partial charge in [-0.15, -0.1) is 0 Å². The van der Waals surface area contributed by atoms with E-state index in [4.69, 9.17) is 0 Å². The first-order chi connectivity index (χ1) is 8.16. The lowest BCUT2D eigenvalue weighted by Gasteiger charge is -2.15. The highest BCUT2D eigenvalue weighted by atomic mass is 19.1. The van der Waals surface area contributed by atoms with Gasteiger partial charge in [-0.05, 0) is 37.0 Å². The van der Waals surface area contributed by atoms with Crippen LogP contribution in [0.4, 0.5) is 8.78 Å². The summed E-state index contributed by atoms with van der Waals surface area (Å²) in [6.45, 7) is 0.948. The van der Waals surface area contributed by atoms with Crippen molar-refractivity contribution in [1.29, 1.82) is 0 Å². The Morgan fingerprint density at radius 3 is 2.82 bits per heavy atom. The average molecular weight is 241 g/mol. The van der Waals surface area contributed by atoms with Gasteiger partial charge in [0.1, 0.15) is 11.6 Å². The quantitative estimate of drug-likeness (QED) is 0.847. The average Bonchev–Trinajstić information content (AvgIpc) is 2.70. The summed E-state index contributed by atoms with van der Waals surface area (Å²) in [5.41, 5.74) is 0.331. The van der Waals surface area contributed by atoms with Crippen LogP contribution in [0.1, 0.15) is 24.8 Å². The van der Waals surface area contributed by atoms with Crippen LogP contribution in [0.25, 0.3) is 0 Å². The number of hydrogen-bond acceptors (Lipinski definition) is 2. The SMILES string of the molecule is OC1CCCC1CNCc1cc(F)ccc1F. The molecule has 0 spiro atoms. The molecule has 0 aliphatic heterocycles. The molecule has 0 saturated heterocycles. The Kier molecular flexibility index (Phi) is 4.07. The molecule has 94 valence electrons. The largest absolute Gasteiger partial charge is 0.393 e. The number of nitrogens with one attached hydrogen (secondary N) is 1. The highest BCUT2D eigenvalue weighted by molar-refractivity contribution is 5.18. The van der Waals surface area contributed by atoms with E-state index in [2.05, 4.69) is 5.32 Å². The molecule has 2 atom stereocenters. The van der Waals surface area contributed by atoms with E-state index in [0.717, 1.165) is 31.4 Å². The Balaban J connectivity index is 1.83. The summed E-state index contributed by atoms with van der Waals surface area (Å²) in [5, 5.41) is 12.7. The van der Waals surface area contributed by atoms with Crippen molar-refractivity contribution in [3.05, 3.63) is 35.4 Å². The van der Waals surface area contributed by atoms with Crippen molar-refractivity contribution in [2.45, 2.75) is 31.9 Å². The van der Waals surface area contributed by atoms with Gasteiger partial charge in [0, 0.05) is 18.7 Å². The molecule has 0 bridgehead atoms. The Hall–Kier alpha value is -1.00. The van der Waals surface area contributed by atoms with Crippen molar-refractivity contribution in [2.24, 2.45) is 5.92 Å². The molecular formula is C13H17F2NO. The Morgan fingerprint density at radius 2 is 2.12 bits per heavy atom. The van der Waals surface area contributed by atoms with Crippen LogP contribution in [0.15, 0.2) is 18.2 Å². The maximum absolute atomic E-state index is 13.3. The number of aliphatic hydroxyl groups is 1. The fourth-order valence-electron chi connectivity index (χ4n) is 2.33. The highest BCUT2D eigenvalue weighted by Gasteiger charge is 2.24. The first kappa shape index (κ1) is 12.5. The molecule has 1 aliphatic rings. The van der Waals surface area contributed by atoms with Crippen molar-refractivity contribution < 1.29 is 13.9 Å². The summed E-state index contributed by atoms with van der Waals surface area (Å²) >= 11 is 0.